The van der Waals surface area contributed by atoms with Gasteiger partial charge in [0.15, 0.2) is 0 Å². The minimum atomic E-state index is 0.299. The molecule has 0 fully saturated rings. The van der Waals surface area contributed by atoms with Gasteiger partial charge in [0.05, 0.1) is 0 Å². The molecule has 0 saturated carbocycles. The van der Waals surface area contributed by atoms with Gasteiger partial charge in [0.2, 0.25) is 0 Å². The van der Waals surface area contributed by atoms with E-state index < -0.39 is 0 Å². The van der Waals surface area contributed by atoms with E-state index in [2.05, 4.69) is 44.0 Å². The van der Waals surface area contributed by atoms with Gasteiger partial charge in [-0.25, -0.2) is 0 Å². The van der Waals surface area contributed by atoms with Crippen LogP contribution < -0.4 is 0 Å². The molecule has 0 heteroatoms. The lowest BCUT2D eigenvalue weighted by molar-refractivity contribution is 0.607. The van der Waals surface area contributed by atoms with Crippen LogP contribution in [-0.2, 0) is 6.42 Å². The second-order valence-corrected chi connectivity index (χ2v) is 6.12. The van der Waals surface area contributed by atoms with Crippen LogP contribution in [0.2, 0.25) is 0 Å². The average molecular weight is 284 g/mol. The molecule has 0 nitrogen and oxygen atoms in total. The van der Waals surface area contributed by atoms with Crippen molar-refractivity contribution in [2.24, 2.45) is 0 Å². The molecular formula is C21H32. The Morgan fingerprint density at radius 3 is 2.10 bits per heavy atom. The maximum absolute atomic E-state index is 5.67. The van der Waals surface area contributed by atoms with Crippen LogP contribution in [0.1, 0.15) is 88.7 Å². The maximum atomic E-state index is 5.67. The number of aryl methyl sites for hydroxylation is 1. The van der Waals surface area contributed by atoms with Crippen molar-refractivity contribution in [1.29, 1.82) is 0 Å². The molecule has 1 unspecified atom stereocenters. The predicted molar refractivity (Wildman–Crippen MR) is 94.6 cm³/mol. The predicted octanol–water partition coefficient (Wildman–Crippen LogP) is 6.50. The summed E-state index contributed by atoms with van der Waals surface area (Å²) < 4.78 is 0. The highest BCUT2D eigenvalue weighted by molar-refractivity contribution is 5.30. The summed E-state index contributed by atoms with van der Waals surface area (Å²) in [6.07, 6.45) is 18.6. The summed E-state index contributed by atoms with van der Waals surface area (Å²) in [7, 11) is 0. The zero-order valence-corrected chi connectivity index (χ0v) is 14.0. The molecule has 21 heavy (non-hydrogen) atoms. The lowest BCUT2D eigenvalue weighted by Crippen LogP contribution is -1.96. The van der Waals surface area contributed by atoms with Crippen molar-refractivity contribution in [2.75, 3.05) is 0 Å². The summed E-state index contributed by atoms with van der Waals surface area (Å²) in [5.74, 6) is 3.24. The summed E-state index contributed by atoms with van der Waals surface area (Å²) in [6.45, 7) is 4.49. The molecule has 0 spiro atoms. The average Bonchev–Trinajstić information content (AvgIpc) is 2.53. The number of hydrogen-bond donors (Lipinski definition) is 0. The molecule has 1 aromatic rings. The smallest absolute Gasteiger partial charge is 0.0449 e. The summed E-state index contributed by atoms with van der Waals surface area (Å²) in [5, 5.41) is 0. The molecule has 0 aliphatic rings. The first-order valence-corrected chi connectivity index (χ1v) is 8.86. The van der Waals surface area contributed by atoms with Crippen molar-refractivity contribution < 1.29 is 0 Å². The van der Waals surface area contributed by atoms with Crippen LogP contribution in [-0.4, -0.2) is 0 Å². The van der Waals surface area contributed by atoms with Crippen LogP contribution in [0.5, 0.6) is 0 Å². The lowest BCUT2D eigenvalue weighted by Gasteiger charge is -2.11. The Hall–Kier alpha value is -1.22. The first-order chi connectivity index (χ1) is 10.3. The van der Waals surface area contributed by atoms with E-state index in [0.29, 0.717) is 5.92 Å². The highest BCUT2D eigenvalue weighted by Gasteiger charge is 2.07. The third-order valence-electron chi connectivity index (χ3n) is 4.25. The van der Waals surface area contributed by atoms with Crippen molar-refractivity contribution in [3.63, 3.8) is 0 Å². The fraction of sp³-hybridized carbons (Fsp3) is 0.619. The van der Waals surface area contributed by atoms with Gasteiger partial charge in [-0.1, -0.05) is 89.0 Å². The molecule has 0 aliphatic heterocycles. The minimum Gasteiger partial charge on any atom is -0.119 e. The van der Waals surface area contributed by atoms with Gasteiger partial charge in [0.25, 0.3) is 0 Å². The Kier molecular flexibility index (Phi) is 9.71. The molecule has 1 atom stereocenters. The van der Waals surface area contributed by atoms with Crippen molar-refractivity contribution in [3.05, 3.63) is 35.4 Å². The Bertz CT molecular complexity index is 393. The van der Waals surface area contributed by atoms with Crippen LogP contribution in [0.4, 0.5) is 0 Å². The third-order valence-corrected chi connectivity index (χ3v) is 4.25. The van der Waals surface area contributed by atoms with E-state index >= 15 is 0 Å². The van der Waals surface area contributed by atoms with Crippen molar-refractivity contribution in [2.45, 2.75) is 84.0 Å². The standard InChI is InChI=1S/C21H32/c1-4-7-9-10-11-12-13-19-15-17-21(18-16-19)20(6-3)14-8-5-2/h3,15-18,20H,4-5,7-14H2,1-2H3. The van der Waals surface area contributed by atoms with Gasteiger partial charge < -0.3 is 0 Å². The van der Waals surface area contributed by atoms with Gasteiger partial charge in [-0.2, -0.15) is 0 Å². The Morgan fingerprint density at radius 2 is 1.48 bits per heavy atom. The molecule has 0 radical (unpaired) electrons. The first-order valence-electron chi connectivity index (χ1n) is 8.86. The molecule has 0 aromatic heterocycles. The highest BCUT2D eigenvalue weighted by Crippen LogP contribution is 2.22. The molecular weight excluding hydrogens is 252 g/mol. The summed E-state index contributed by atoms with van der Waals surface area (Å²) >= 11 is 0. The lowest BCUT2D eigenvalue weighted by atomic mass is 9.93. The molecule has 0 bridgehead atoms. The largest absolute Gasteiger partial charge is 0.119 e. The summed E-state index contributed by atoms with van der Waals surface area (Å²) in [6, 6.07) is 9.04. The van der Waals surface area contributed by atoms with Crippen molar-refractivity contribution in [3.8, 4) is 12.3 Å². The van der Waals surface area contributed by atoms with Gasteiger partial charge in [-0.05, 0) is 30.4 Å². The van der Waals surface area contributed by atoms with Crippen molar-refractivity contribution in [1.82, 2.24) is 0 Å². The highest BCUT2D eigenvalue weighted by atomic mass is 14.1. The van der Waals surface area contributed by atoms with E-state index in [0.717, 1.165) is 6.42 Å². The topological polar surface area (TPSA) is 0 Å². The van der Waals surface area contributed by atoms with E-state index in [9.17, 15) is 0 Å². The Labute approximate surface area is 132 Å². The number of benzene rings is 1. The zero-order valence-electron chi connectivity index (χ0n) is 14.0. The van der Waals surface area contributed by atoms with E-state index in [-0.39, 0.29) is 0 Å². The molecule has 0 N–H and O–H groups in total. The summed E-state index contributed by atoms with van der Waals surface area (Å²) in [5.41, 5.74) is 2.78. The number of unbranched alkanes of at least 4 members (excludes halogenated alkanes) is 6. The molecule has 1 aromatic carbocycles. The van der Waals surface area contributed by atoms with Gasteiger partial charge in [0, 0.05) is 5.92 Å². The van der Waals surface area contributed by atoms with Crippen LogP contribution in [0.15, 0.2) is 24.3 Å². The van der Waals surface area contributed by atoms with E-state index in [1.54, 1.807) is 0 Å². The molecule has 1 rings (SSSR count). The first kappa shape index (κ1) is 17.8. The fourth-order valence-electron chi connectivity index (χ4n) is 2.78. The monoisotopic (exact) mass is 284 g/mol. The quantitative estimate of drug-likeness (QED) is 0.321. The number of terminal acetylenes is 1. The van der Waals surface area contributed by atoms with Crippen LogP contribution in [0.3, 0.4) is 0 Å². The molecule has 0 heterocycles. The van der Waals surface area contributed by atoms with Crippen LogP contribution in [0.25, 0.3) is 0 Å². The fourth-order valence-corrected chi connectivity index (χ4v) is 2.78. The minimum absolute atomic E-state index is 0.299. The normalized spacial score (nSPS) is 12.0. The zero-order chi connectivity index (χ0) is 15.3. The van der Waals surface area contributed by atoms with Crippen LogP contribution >= 0.6 is 0 Å². The molecule has 0 amide bonds. The second kappa shape index (κ2) is 11.4. The van der Waals surface area contributed by atoms with E-state index in [1.165, 1.54) is 68.9 Å². The van der Waals surface area contributed by atoms with Gasteiger partial charge >= 0.3 is 0 Å². The molecule has 116 valence electrons. The van der Waals surface area contributed by atoms with E-state index in [4.69, 9.17) is 6.42 Å². The Morgan fingerprint density at radius 1 is 0.857 bits per heavy atom. The Balaban J connectivity index is 2.34. The summed E-state index contributed by atoms with van der Waals surface area (Å²) in [4.78, 5) is 0. The molecule has 0 saturated heterocycles. The van der Waals surface area contributed by atoms with Crippen molar-refractivity contribution >= 4 is 0 Å². The molecule has 0 aliphatic carbocycles. The number of rotatable bonds is 11. The maximum Gasteiger partial charge on any atom is 0.0449 e. The second-order valence-electron chi connectivity index (χ2n) is 6.12. The SMILES string of the molecule is C#CC(CCCC)c1ccc(CCCCCCCC)cc1. The van der Waals surface area contributed by atoms with Crippen LogP contribution in [0, 0.1) is 12.3 Å². The van der Waals surface area contributed by atoms with Gasteiger partial charge in [-0.3, -0.25) is 0 Å². The van der Waals surface area contributed by atoms with E-state index in [1.807, 2.05) is 0 Å². The third kappa shape index (κ3) is 7.37. The van der Waals surface area contributed by atoms with Gasteiger partial charge in [-0.15, -0.1) is 6.42 Å². The number of hydrogen-bond acceptors (Lipinski definition) is 0. The van der Waals surface area contributed by atoms with Gasteiger partial charge in [0.1, 0.15) is 0 Å².